The molecule has 0 bridgehead atoms. The Hall–Kier alpha value is -2.21. The summed E-state index contributed by atoms with van der Waals surface area (Å²) in [4.78, 5) is 12.4. The highest BCUT2D eigenvalue weighted by atomic mass is 19.1. The standard InChI is InChI=1S/C16H17FN2O3/c1-10-14(16(20)18-9-13-3-2-8-21-13)15(19-22-10)11-4-6-12(17)7-5-11/h4-7,13H,2-3,8-9H2,1H3,(H,18,20). The highest BCUT2D eigenvalue weighted by Crippen LogP contribution is 2.25. The molecular weight excluding hydrogens is 287 g/mol. The van der Waals surface area contributed by atoms with Gasteiger partial charge in [-0.05, 0) is 44.0 Å². The van der Waals surface area contributed by atoms with Crippen LogP contribution < -0.4 is 5.32 Å². The second-order valence-corrected chi connectivity index (χ2v) is 5.31. The van der Waals surface area contributed by atoms with Crippen LogP contribution >= 0.6 is 0 Å². The van der Waals surface area contributed by atoms with Crippen LogP contribution in [0, 0.1) is 12.7 Å². The van der Waals surface area contributed by atoms with Gasteiger partial charge in [0.15, 0.2) is 0 Å². The molecule has 3 rings (SSSR count). The lowest BCUT2D eigenvalue weighted by Crippen LogP contribution is -2.32. The maximum absolute atomic E-state index is 13.0. The number of carbonyl (C=O) groups excluding carboxylic acids is 1. The molecule has 1 amide bonds. The van der Waals surface area contributed by atoms with Gasteiger partial charge < -0.3 is 14.6 Å². The van der Waals surface area contributed by atoms with Crippen LogP contribution in [-0.4, -0.2) is 30.3 Å². The Labute approximate surface area is 127 Å². The smallest absolute Gasteiger partial charge is 0.257 e. The van der Waals surface area contributed by atoms with Crippen molar-refractivity contribution in [2.75, 3.05) is 13.2 Å². The molecule has 6 heteroatoms. The molecule has 1 fully saturated rings. The molecule has 1 aliphatic heterocycles. The Balaban J connectivity index is 1.79. The molecule has 5 nitrogen and oxygen atoms in total. The highest BCUT2D eigenvalue weighted by Gasteiger charge is 2.23. The molecule has 0 aliphatic carbocycles. The summed E-state index contributed by atoms with van der Waals surface area (Å²) in [6.07, 6.45) is 2.04. The molecule has 1 saturated heterocycles. The van der Waals surface area contributed by atoms with Gasteiger partial charge in [-0.2, -0.15) is 0 Å². The molecule has 1 atom stereocenters. The quantitative estimate of drug-likeness (QED) is 0.943. The Morgan fingerprint density at radius 3 is 2.86 bits per heavy atom. The van der Waals surface area contributed by atoms with Crippen LogP contribution in [0.15, 0.2) is 28.8 Å². The molecular formula is C16H17FN2O3. The van der Waals surface area contributed by atoms with Crippen molar-refractivity contribution in [2.24, 2.45) is 0 Å². The topological polar surface area (TPSA) is 64.4 Å². The lowest BCUT2D eigenvalue weighted by atomic mass is 10.1. The fourth-order valence-electron chi connectivity index (χ4n) is 2.54. The number of halogens is 1. The Morgan fingerprint density at radius 2 is 2.18 bits per heavy atom. The van der Waals surface area contributed by atoms with Crippen molar-refractivity contribution in [3.63, 3.8) is 0 Å². The SMILES string of the molecule is Cc1onc(-c2ccc(F)cc2)c1C(=O)NCC1CCCO1. The Kier molecular flexibility index (Phi) is 4.20. The van der Waals surface area contributed by atoms with Crippen LogP contribution in [0.1, 0.15) is 29.0 Å². The molecule has 0 radical (unpaired) electrons. The zero-order valence-corrected chi connectivity index (χ0v) is 12.3. The van der Waals surface area contributed by atoms with E-state index in [-0.39, 0.29) is 17.8 Å². The van der Waals surface area contributed by atoms with Gasteiger partial charge in [0.1, 0.15) is 22.8 Å². The van der Waals surface area contributed by atoms with Crippen molar-refractivity contribution in [2.45, 2.75) is 25.9 Å². The third-order valence-electron chi connectivity index (χ3n) is 3.72. The summed E-state index contributed by atoms with van der Waals surface area (Å²) in [5.41, 5.74) is 1.44. The van der Waals surface area contributed by atoms with Gasteiger partial charge in [0.2, 0.25) is 0 Å². The van der Waals surface area contributed by atoms with E-state index in [1.165, 1.54) is 12.1 Å². The minimum absolute atomic E-state index is 0.0680. The monoisotopic (exact) mass is 304 g/mol. The van der Waals surface area contributed by atoms with Gasteiger partial charge in [-0.15, -0.1) is 0 Å². The van der Waals surface area contributed by atoms with Crippen LogP contribution in [0.4, 0.5) is 4.39 Å². The van der Waals surface area contributed by atoms with Crippen molar-refractivity contribution in [3.8, 4) is 11.3 Å². The average molecular weight is 304 g/mol. The van der Waals surface area contributed by atoms with Gasteiger partial charge in [-0.3, -0.25) is 4.79 Å². The summed E-state index contributed by atoms with van der Waals surface area (Å²) in [7, 11) is 0. The van der Waals surface area contributed by atoms with E-state index >= 15 is 0 Å². The Morgan fingerprint density at radius 1 is 1.41 bits per heavy atom. The number of amides is 1. The maximum atomic E-state index is 13.0. The first kappa shape index (κ1) is 14.7. The number of aryl methyl sites for hydroxylation is 1. The summed E-state index contributed by atoms with van der Waals surface area (Å²) in [6, 6.07) is 5.80. The normalized spacial score (nSPS) is 17.6. The fraction of sp³-hybridized carbons (Fsp3) is 0.375. The predicted octanol–water partition coefficient (Wildman–Crippen LogP) is 2.70. The summed E-state index contributed by atoms with van der Waals surface area (Å²) in [5.74, 6) is -0.161. The lowest BCUT2D eigenvalue weighted by Gasteiger charge is -2.10. The number of hydrogen-bond acceptors (Lipinski definition) is 4. The van der Waals surface area contributed by atoms with Crippen LogP contribution in [0.2, 0.25) is 0 Å². The van der Waals surface area contributed by atoms with Gasteiger partial charge in [0.25, 0.3) is 5.91 Å². The largest absolute Gasteiger partial charge is 0.376 e. The van der Waals surface area contributed by atoms with Gasteiger partial charge in [0.05, 0.1) is 6.10 Å². The van der Waals surface area contributed by atoms with Gasteiger partial charge in [-0.25, -0.2) is 4.39 Å². The lowest BCUT2D eigenvalue weighted by molar-refractivity contribution is 0.0857. The van der Waals surface area contributed by atoms with Gasteiger partial charge in [-0.1, -0.05) is 5.16 Å². The number of rotatable bonds is 4. The minimum atomic E-state index is -0.339. The number of carbonyl (C=O) groups is 1. The number of nitrogens with one attached hydrogen (secondary N) is 1. The number of aromatic nitrogens is 1. The van der Waals surface area contributed by atoms with E-state index in [0.29, 0.717) is 29.1 Å². The maximum Gasteiger partial charge on any atom is 0.257 e. The molecule has 0 spiro atoms. The van der Waals surface area contributed by atoms with E-state index in [9.17, 15) is 9.18 Å². The van der Waals surface area contributed by atoms with Crippen LogP contribution in [-0.2, 0) is 4.74 Å². The molecule has 0 saturated carbocycles. The van der Waals surface area contributed by atoms with Gasteiger partial charge in [0, 0.05) is 18.7 Å². The fourth-order valence-corrected chi connectivity index (χ4v) is 2.54. The number of benzene rings is 1. The van der Waals surface area contributed by atoms with Crippen LogP contribution in [0.3, 0.4) is 0 Å². The first-order chi connectivity index (χ1) is 10.6. The third kappa shape index (κ3) is 3.01. The van der Waals surface area contributed by atoms with E-state index in [2.05, 4.69) is 10.5 Å². The van der Waals surface area contributed by atoms with E-state index in [1.807, 2.05) is 0 Å². The predicted molar refractivity (Wildman–Crippen MR) is 77.9 cm³/mol. The molecule has 22 heavy (non-hydrogen) atoms. The molecule has 1 aliphatic rings. The number of ether oxygens (including phenoxy) is 1. The minimum Gasteiger partial charge on any atom is -0.376 e. The highest BCUT2D eigenvalue weighted by molar-refractivity contribution is 6.00. The molecule has 1 aromatic heterocycles. The van der Waals surface area contributed by atoms with Crippen molar-refractivity contribution < 1.29 is 18.4 Å². The second-order valence-electron chi connectivity index (χ2n) is 5.31. The van der Waals surface area contributed by atoms with E-state index < -0.39 is 0 Å². The number of hydrogen-bond donors (Lipinski definition) is 1. The van der Waals surface area contributed by atoms with E-state index in [1.54, 1.807) is 19.1 Å². The van der Waals surface area contributed by atoms with E-state index in [4.69, 9.17) is 9.26 Å². The molecule has 1 N–H and O–H groups in total. The summed E-state index contributed by atoms with van der Waals surface area (Å²) in [5, 5.41) is 6.78. The zero-order chi connectivity index (χ0) is 15.5. The first-order valence-electron chi connectivity index (χ1n) is 7.27. The third-order valence-corrected chi connectivity index (χ3v) is 3.72. The molecule has 1 aromatic carbocycles. The van der Waals surface area contributed by atoms with Crippen LogP contribution in [0.25, 0.3) is 11.3 Å². The van der Waals surface area contributed by atoms with E-state index in [0.717, 1.165) is 19.4 Å². The summed E-state index contributed by atoms with van der Waals surface area (Å²) < 4.78 is 23.6. The molecule has 2 aromatic rings. The molecule has 2 heterocycles. The molecule has 116 valence electrons. The van der Waals surface area contributed by atoms with Crippen molar-refractivity contribution >= 4 is 5.91 Å². The first-order valence-corrected chi connectivity index (χ1v) is 7.27. The second kappa shape index (κ2) is 6.27. The Bertz CT molecular complexity index is 661. The van der Waals surface area contributed by atoms with Crippen molar-refractivity contribution in [1.29, 1.82) is 0 Å². The zero-order valence-electron chi connectivity index (χ0n) is 12.3. The van der Waals surface area contributed by atoms with Crippen molar-refractivity contribution in [1.82, 2.24) is 10.5 Å². The molecule has 1 unspecified atom stereocenters. The summed E-state index contributed by atoms with van der Waals surface area (Å²) in [6.45, 7) is 2.89. The van der Waals surface area contributed by atoms with Crippen LogP contribution in [0.5, 0.6) is 0 Å². The summed E-state index contributed by atoms with van der Waals surface area (Å²) >= 11 is 0. The van der Waals surface area contributed by atoms with Crippen molar-refractivity contribution in [3.05, 3.63) is 41.4 Å². The number of nitrogens with zero attached hydrogens (tertiary/aromatic N) is 1. The average Bonchev–Trinajstić information content (AvgIpc) is 3.15. The van der Waals surface area contributed by atoms with Gasteiger partial charge >= 0.3 is 0 Å².